The lowest BCUT2D eigenvalue weighted by Crippen LogP contribution is -2.03. The first-order chi connectivity index (χ1) is 10.2. The highest BCUT2D eigenvalue weighted by atomic mass is 32.1. The topological polar surface area (TPSA) is 58.0 Å². The molecule has 3 aromatic rings. The van der Waals surface area contributed by atoms with Crippen molar-refractivity contribution in [3.8, 4) is 16.3 Å². The minimum atomic E-state index is -0.461. The van der Waals surface area contributed by atoms with Gasteiger partial charge in [-0.25, -0.2) is 14.4 Å². The van der Waals surface area contributed by atoms with Crippen molar-refractivity contribution in [1.29, 1.82) is 0 Å². The van der Waals surface area contributed by atoms with E-state index in [0.29, 0.717) is 17.9 Å². The van der Waals surface area contributed by atoms with Gasteiger partial charge in [-0.1, -0.05) is 6.07 Å². The molecule has 0 spiro atoms. The SMILES string of the molecule is Oc1cc(F)ccc1CNc1ncccc1-c1nccs1. The predicted molar refractivity (Wildman–Crippen MR) is 80.7 cm³/mol. The van der Waals surface area contributed by atoms with Gasteiger partial charge in [-0.05, 0) is 18.2 Å². The van der Waals surface area contributed by atoms with Crippen LogP contribution in [0.3, 0.4) is 0 Å². The van der Waals surface area contributed by atoms with Crippen LogP contribution in [-0.2, 0) is 6.54 Å². The summed E-state index contributed by atoms with van der Waals surface area (Å²) in [6, 6.07) is 7.73. The number of hydrogen-bond donors (Lipinski definition) is 2. The van der Waals surface area contributed by atoms with Gasteiger partial charge in [-0.15, -0.1) is 11.3 Å². The van der Waals surface area contributed by atoms with E-state index in [0.717, 1.165) is 16.6 Å². The van der Waals surface area contributed by atoms with Crippen molar-refractivity contribution in [3.05, 3.63) is 59.5 Å². The summed E-state index contributed by atoms with van der Waals surface area (Å²) in [7, 11) is 0. The standard InChI is InChI=1S/C15H12FN3OS/c16-11-4-3-10(13(20)8-11)9-19-14-12(2-1-5-17-14)15-18-6-7-21-15/h1-8,20H,9H2,(H,17,19). The summed E-state index contributed by atoms with van der Waals surface area (Å²) >= 11 is 1.53. The van der Waals surface area contributed by atoms with Crippen molar-refractivity contribution < 1.29 is 9.50 Å². The lowest BCUT2D eigenvalue weighted by atomic mass is 10.2. The number of phenols is 1. The summed E-state index contributed by atoms with van der Waals surface area (Å²) in [5.41, 5.74) is 1.50. The normalized spacial score (nSPS) is 10.5. The third-order valence-corrected chi connectivity index (χ3v) is 3.77. The Morgan fingerprint density at radius 1 is 1.19 bits per heavy atom. The van der Waals surface area contributed by atoms with Crippen LogP contribution >= 0.6 is 11.3 Å². The second-order valence-corrected chi connectivity index (χ2v) is 5.26. The van der Waals surface area contributed by atoms with Crippen LogP contribution in [0.5, 0.6) is 5.75 Å². The van der Waals surface area contributed by atoms with E-state index >= 15 is 0 Å². The summed E-state index contributed by atoms with van der Waals surface area (Å²) in [5.74, 6) is 0.142. The van der Waals surface area contributed by atoms with Gasteiger partial charge in [0.2, 0.25) is 0 Å². The zero-order chi connectivity index (χ0) is 14.7. The number of thiazole rings is 1. The summed E-state index contributed by atoms with van der Waals surface area (Å²) in [4.78, 5) is 8.57. The van der Waals surface area contributed by atoms with Gasteiger partial charge >= 0.3 is 0 Å². The molecule has 0 saturated heterocycles. The fourth-order valence-corrected chi connectivity index (χ4v) is 2.60. The predicted octanol–water partition coefficient (Wildman–Crippen LogP) is 3.66. The molecule has 4 nitrogen and oxygen atoms in total. The minimum absolute atomic E-state index is 0.0748. The first kappa shape index (κ1) is 13.5. The molecule has 0 saturated carbocycles. The molecule has 0 atom stereocenters. The van der Waals surface area contributed by atoms with Gasteiger partial charge in [0.05, 0.1) is 5.56 Å². The molecule has 0 aliphatic carbocycles. The number of nitrogens with one attached hydrogen (secondary N) is 1. The molecule has 1 aromatic carbocycles. The molecule has 0 fully saturated rings. The third kappa shape index (κ3) is 3.00. The van der Waals surface area contributed by atoms with Crippen LogP contribution in [0.4, 0.5) is 10.2 Å². The largest absolute Gasteiger partial charge is 0.507 e. The van der Waals surface area contributed by atoms with Crippen LogP contribution in [-0.4, -0.2) is 15.1 Å². The summed E-state index contributed by atoms with van der Waals surface area (Å²) in [6.07, 6.45) is 3.42. The molecule has 0 unspecified atom stereocenters. The fourth-order valence-electron chi connectivity index (χ4n) is 1.94. The van der Waals surface area contributed by atoms with E-state index in [1.807, 2.05) is 17.5 Å². The molecule has 2 aromatic heterocycles. The van der Waals surface area contributed by atoms with Crippen LogP contribution < -0.4 is 5.32 Å². The van der Waals surface area contributed by atoms with E-state index in [9.17, 15) is 9.50 Å². The van der Waals surface area contributed by atoms with E-state index in [-0.39, 0.29) is 5.75 Å². The molecule has 0 radical (unpaired) electrons. The lowest BCUT2D eigenvalue weighted by Gasteiger charge is -2.10. The first-order valence-electron chi connectivity index (χ1n) is 6.30. The number of aromatic nitrogens is 2. The molecule has 2 heterocycles. The van der Waals surface area contributed by atoms with Gasteiger partial charge in [0.1, 0.15) is 22.4 Å². The Balaban J connectivity index is 1.83. The molecule has 21 heavy (non-hydrogen) atoms. The monoisotopic (exact) mass is 301 g/mol. The fraction of sp³-hybridized carbons (Fsp3) is 0.0667. The molecule has 2 N–H and O–H groups in total. The van der Waals surface area contributed by atoms with Crippen LogP contribution in [0.1, 0.15) is 5.56 Å². The molecule has 0 amide bonds. The van der Waals surface area contributed by atoms with Crippen molar-refractivity contribution in [2.24, 2.45) is 0 Å². The van der Waals surface area contributed by atoms with E-state index in [2.05, 4.69) is 15.3 Å². The van der Waals surface area contributed by atoms with Crippen molar-refractivity contribution in [3.63, 3.8) is 0 Å². The van der Waals surface area contributed by atoms with Crippen molar-refractivity contribution in [1.82, 2.24) is 9.97 Å². The van der Waals surface area contributed by atoms with Crippen molar-refractivity contribution >= 4 is 17.2 Å². The highest BCUT2D eigenvalue weighted by Gasteiger charge is 2.09. The van der Waals surface area contributed by atoms with Crippen LogP contribution in [0.15, 0.2) is 48.1 Å². The Hall–Kier alpha value is -2.47. The second kappa shape index (κ2) is 5.88. The highest BCUT2D eigenvalue weighted by molar-refractivity contribution is 7.13. The Morgan fingerprint density at radius 3 is 2.86 bits per heavy atom. The van der Waals surface area contributed by atoms with Gasteiger partial charge in [0.25, 0.3) is 0 Å². The number of halogens is 1. The minimum Gasteiger partial charge on any atom is -0.507 e. The van der Waals surface area contributed by atoms with Crippen molar-refractivity contribution in [2.75, 3.05) is 5.32 Å². The number of aromatic hydroxyl groups is 1. The average Bonchev–Trinajstić information content (AvgIpc) is 3.01. The molecule has 0 aliphatic rings. The quantitative estimate of drug-likeness (QED) is 0.772. The Morgan fingerprint density at radius 2 is 2.10 bits per heavy atom. The van der Waals surface area contributed by atoms with Crippen molar-refractivity contribution in [2.45, 2.75) is 6.54 Å². The Labute approximate surface area is 124 Å². The zero-order valence-corrected chi connectivity index (χ0v) is 11.8. The van der Waals surface area contributed by atoms with Gasteiger partial charge in [0.15, 0.2) is 0 Å². The van der Waals surface area contributed by atoms with Gasteiger partial charge < -0.3 is 10.4 Å². The number of phenolic OH excluding ortho intramolecular Hbond substituents is 1. The summed E-state index contributed by atoms with van der Waals surface area (Å²) < 4.78 is 13.0. The van der Waals surface area contributed by atoms with E-state index in [4.69, 9.17) is 0 Å². The smallest absolute Gasteiger partial charge is 0.136 e. The molecule has 0 aliphatic heterocycles. The second-order valence-electron chi connectivity index (χ2n) is 4.36. The molecular weight excluding hydrogens is 289 g/mol. The van der Waals surface area contributed by atoms with Gasteiger partial charge in [0, 0.05) is 35.9 Å². The van der Waals surface area contributed by atoms with Crippen LogP contribution in [0, 0.1) is 5.82 Å². The molecule has 0 bridgehead atoms. The number of rotatable bonds is 4. The van der Waals surface area contributed by atoms with Gasteiger partial charge in [-0.2, -0.15) is 0 Å². The maximum absolute atomic E-state index is 13.0. The van der Waals surface area contributed by atoms with E-state index in [1.165, 1.54) is 17.4 Å². The van der Waals surface area contributed by atoms with E-state index < -0.39 is 5.82 Å². The van der Waals surface area contributed by atoms with Crippen LogP contribution in [0.25, 0.3) is 10.6 Å². The first-order valence-corrected chi connectivity index (χ1v) is 7.18. The summed E-state index contributed by atoms with van der Waals surface area (Å²) in [6.45, 7) is 0.349. The molecule has 6 heteroatoms. The van der Waals surface area contributed by atoms with Gasteiger partial charge in [-0.3, -0.25) is 0 Å². The van der Waals surface area contributed by atoms with Crippen LogP contribution in [0.2, 0.25) is 0 Å². The Kier molecular flexibility index (Phi) is 3.79. The number of hydrogen-bond acceptors (Lipinski definition) is 5. The Bertz CT molecular complexity index is 746. The number of nitrogens with zero attached hydrogens (tertiary/aromatic N) is 2. The molecular formula is C15H12FN3OS. The number of benzene rings is 1. The zero-order valence-electron chi connectivity index (χ0n) is 11.0. The molecule has 106 valence electrons. The maximum Gasteiger partial charge on any atom is 0.136 e. The maximum atomic E-state index is 13.0. The molecule has 3 rings (SSSR count). The highest BCUT2D eigenvalue weighted by Crippen LogP contribution is 2.28. The summed E-state index contributed by atoms with van der Waals surface area (Å²) in [5, 5.41) is 15.6. The lowest BCUT2D eigenvalue weighted by molar-refractivity contribution is 0.463. The third-order valence-electron chi connectivity index (χ3n) is 2.96. The number of pyridine rings is 1. The average molecular weight is 301 g/mol. The van der Waals surface area contributed by atoms with E-state index in [1.54, 1.807) is 18.5 Å². The number of anilines is 1.